The summed E-state index contributed by atoms with van der Waals surface area (Å²) in [5.74, 6) is -1.04. The number of aliphatic carboxylic acids is 1. The van der Waals surface area contributed by atoms with Gasteiger partial charge in [0, 0.05) is 18.0 Å². The summed E-state index contributed by atoms with van der Waals surface area (Å²) >= 11 is 5.86. The lowest BCUT2D eigenvalue weighted by Gasteiger charge is -2.41. The maximum Gasteiger partial charge on any atom is 0.313 e. The summed E-state index contributed by atoms with van der Waals surface area (Å²) < 4.78 is 10.6. The molecule has 0 aliphatic carbocycles. The average Bonchev–Trinajstić information content (AvgIpc) is 2.72. The molecule has 0 radical (unpaired) electrons. The predicted molar refractivity (Wildman–Crippen MR) is 105 cm³/mol. The molecule has 1 aliphatic heterocycles. The third kappa shape index (κ3) is 3.52. The van der Waals surface area contributed by atoms with Gasteiger partial charge in [-0.15, -0.1) is 11.6 Å². The second-order valence-electron chi connectivity index (χ2n) is 6.51. The number of nitrogens with zero attached hydrogens (tertiary/aromatic N) is 1. The van der Waals surface area contributed by atoms with E-state index in [-0.39, 0.29) is 5.91 Å². The van der Waals surface area contributed by atoms with Gasteiger partial charge in [0.1, 0.15) is 5.92 Å². The molecule has 0 saturated heterocycles. The van der Waals surface area contributed by atoms with Crippen LogP contribution in [0.15, 0.2) is 42.5 Å². The third-order valence-electron chi connectivity index (χ3n) is 4.97. The number of amides is 1. The van der Waals surface area contributed by atoms with E-state index in [1.165, 1.54) is 14.2 Å². The van der Waals surface area contributed by atoms with Gasteiger partial charge in [0.15, 0.2) is 11.5 Å². The number of methoxy groups -OCH3 is 2. The Labute approximate surface area is 168 Å². The number of hydrogen-bond donors (Lipinski definition) is 1. The number of carboxylic acid groups (broad SMARTS) is 1. The fraction of sp³-hybridized carbons (Fsp3) is 0.333. The Morgan fingerprint density at radius 2 is 1.79 bits per heavy atom. The minimum atomic E-state index is -1.01. The van der Waals surface area contributed by atoms with Crippen molar-refractivity contribution in [2.45, 2.75) is 18.4 Å². The Bertz CT molecular complexity index is 871. The Hall–Kier alpha value is -2.73. The summed E-state index contributed by atoms with van der Waals surface area (Å²) in [6.45, 7) is 0.361. The number of benzene rings is 2. The second-order valence-corrected chi connectivity index (χ2v) is 6.88. The highest BCUT2D eigenvalue weighted by Crippen LogP contribution is 2.46. The Morgan fingerprint density at radius 1 is 1.14 bits per heavy atom. The Kier molecular flexibility index (Phi) is 6.09. The van der Waals surface area contributed by atoms with Gasteiger partial charge >= 0.3 is 5.97 Å². The molecule has 6 nitrogen and oxygen atoms in total. The molecular weight excluding hydrogens is 382 g/mol. The molecule has 0 aromatic heterocycles. The Balaban J connectivity index is 2.23. The number of hydrogen-bond acceptors (Lipinski definition) is 4. The fourth-order valence-corrected chi connectivity index (χ4v) is 3.85. The smallest absolute Gasteiger partial charge is 0.313 e. The molecule has 1 amide bonds. The summed E-state index contributed by atoms with van der Waals surface area (Å²) in [6.07, 6.45) is 0.561. The van der Waals surface area contributed by atoms with E-state index in [2.05, 4.69) is 0 Å². The number of ether oxygens (including phenoxy) is 2. The van der Waals surface area contributed by atoms with Crippen LogP contribution >= 0.6 is 11.6 Å². The first kappa shape index (κ1) is 20.0. The first-order chi connectivity index (χ1) is 13.5. The Morgan fingerprint density at radius 3 is 2.36 bits per heavy atom. The van der Waals surface area contributed by atoms with Crippen molar-refractivity contribution in [2.24, 2.45) is 0 Å². The lowest BCUT2D eigenvalue weighted by Crippen LogP contribution is -2.45. The maximum absolute atomic E-state index is 13.3. The van der Waals surface area contributed by atoms with Crippen molar-refractivity contribution in [3.63, 3.8) is 0 Å². The van der Waals surface area contributed by atoms with Gasteiger partial charge in [0.2, 0.25) is 0 Å². The van der Waals surface area contributed by atoms with E-state index in [1.807, 2.05) is 30.3 Å². The van der Waals surface area contributed by atoms with E-state index < -0.39 is 17.9 Å². The molecule has 0 saturated carbocycles. The number of halogens is 1. The molecule has 0 unspecified atom stereocenters. The quantitative estimate of drug-likeness (QED) is 0.713. The SMILES string of the molecule is COc1cc2c(cc1OC)[C@@H](C(=O)O)[C@@H](c1ccccc1)N(CCCCl)C2=O. The van der Waals surface area contributed by atoms with Crippen LogP contribution in [0.2, 0.25) is 0 Å². The number of rotatable bonds is 7. The summed E-state index contributed by atoms with van der Waals surface area (Å²) in [6, 6.07) is 11.7. The van der Waals surface area contributed by atoms with Crippen LogP contribution in [0, 0.1) is 0 Å². The van der Waals surface area contributed by atoms with Gasteiger partial charge in [-0.2, -0.15) is 0 Å². The van der Waals surface area contributed by atoms with E-state index >= 15 is 0 Å². The fourth-order valence-electron chi connectivity index (χ4n) is 3.73. The molecule has 0 fully saturated rings. The molecule has 148 valence electrons. The molecule has 2 atom stereocenters. The van der Waals surface area contributed by atoms with Crippen molar-refractivity contribution < 1.29 is 24.2 Å². The van der Waals surface area contributed by atoms with Crippen molar-refractivity contribution in [2.75, 3.05) is 26.6 Å². The highest BCUT2D eigenvalue weighted by atomic mass is 35.5. The third-order valence-corrected chi connectivity index (χ3v) is 5.24. The van der Waals surface area contributed by atoms with Crippen LogP contribution < -0.4 is 9.47 Å². The van der Waals surface area contributed by atoms with Crippen molar-refractivity contribution in [3.8, 4) is 11.5 Å². The lowest BCUT2D eigenvalue weighted by atomic mass is 9.79. The second kappa shape index (κ2) is 8.52. The normalized spacial score (nSPS) is 18.5. The summed E-state index contributed by atoms with van der Waals surface area (Å²) in [5, 5.41) is 10.1. The zero-order chi connectivity index (χ0) is 20.3. The van der Waals surface area contributed by atoms with Crippen molar-refractivity contribution in [3.05, 3.63) is 59.2 Å². The number of alkyl halides is 1. The van der Waals surface area contributed by atoms with E-state index in [0.29, 0.717) is 41.5 Å². The lowest BCUT2D eigenvalue weighted by molar-refractivity contribution is -0.140. The van der Waals surface area contributed by atoms with Gasteiger partial charge < -0.3 is 19.5 Å². The van der Waals surface area contributed by atoms with Crippen LogP contribution in [0.25, 0.3) is 0 Å². The van der Waals surface area contributed by atoms with Gasteiger partial charge in [0.05, 0.1) is 20.3 Å². The standard InChI is InChI=1S/C21H22ClNO5/c1-27-16-11-14-15(12-17(16)28-2)20(24)23(10-6-9-22)19(18(14)21(25)26)13-7-4-3-5-8-13/h3-5,7-8,11-12,18-19H,6,9-10H2,1-2H3,(H,25,26)/t18-,19-/m1/s1. The topological polar surface area (TPSA) is 76.1 Å². The first-order valence-corrected chi connectivity index (χ1v) is 9.47. The number of fused-ring (bicyclic) bond motifs is 1. The molecule has 1 heterocycles. The van der Waals surface area contributed by atoms with E-state index in [4.69, 9.17) is 21.1 Å². The predicted octanol–water partition coefficient (Wildman–Crippen LogP) is 3.70. The highest BCUT2D eigenvalue weighted by Gasteiger charge is 2.44. The van der Waals surface area contributed by atoms with Crippen LogP contribution in [-0.4, -0.2) is 48.5 Å². The molecule has 2 aromatic carbocycles. The molecule has 1 aliphatic rings. The van der Waals surface area contributed by atoms with Crippen LogP contribution in [0.4, 0.5) is 0 Å². The molecule has 28 heavy (non-hydrogen) atoms. The minimum Gasteiger partial charge on any atom is -0.493 e. The molecule has 1 N–H and O–H groups in total. The molecule has 7 heteroatoms. The van der Waals surface area contributed by atoms with Crippen molar-refractivity contribution >= 4 is 23.5 Å². The van der Waals surface area contributed by atoms with Crippen molar-refractivity contribution in [1.29, 1.82) is 0 Å². The van der Waals surface area contributed by atoms with Crippen LogP contribution in [0.1, 0.15) is 39.9 Å². The van der Waals surface area contributed by atoms with E-state index in [1.54, 1.807) is 17.0 Å². The number of carbonyl (C=O) groups is 2. The zero-order valence-electron chi connectivity index (χ0n) is 15.7. The van der Waals surface area contributed by atoms with Gasteiger partial charge in [-0.1, -0.05) is 30.3 Å². The number of carbonyl (C=O) groups excluding carboxylic acids is 1. The van der Waals surface area contributed by atoms with E-state index in [0.717, 1.165) is 5.56 Å². The maximum atomic E-state index is 13.3. The average molecular weight is 404 g/mol. The molecule has 0 bridgehead atoms. The summed E-state index contributed by atoms with van der Waals surface area (Å²) in [4.78, 5) is 27.3. The largest absolute Gasteiger partial charge is 0.493 e. The molecule has 2 aromatic rings. The highest BCUT2D eigenvalue weighted by molar-refractivity contribution is 6.17. The minimum absolute atomic E-state index is 0.243. The number of carboxylic acids is 1. The van der Waals surface area contributed by atoms with E-state index in [9.17, 15) is 14.7 Å². The molecule has 3 rings (SSSR count). The van der Waals surface area contributed by atoms with Gasteiger partial charge in [-0.3, -0.25) is 9.59 Å². The summed E-state index contributed by atoms with van der Waals surface area (Å²) in [5.41, 5.74) is 1.50. The summed E-state index contributed by atoms with van der Waals surface area (Å²) in [7, 11) is 2.95. The zero-order valence-corrected chi connectivity index (χ0v) is 16.5. The van der Waals surface area contributed by atoms with Crippen LogP contribution in [-0.2, 0) is 4.79 Å². The van der Waals surface area contributed by atoms with Crippen molar-refractivity contribution in [1.82, 2.24) is 4.90 Å². The van der Waals surface area contributed by atoms with Gasteiger partial charge in [-0.05, 0) is 29.7 Å². The van der Waals surface area contributed by atoms with Crippen LogP contribution in [0.5, 0.6) is 11.5 Å². The molecular formula is C21H22ClNO5. The molecule has 0 spiro atoms. The van der Waals surface area contributed by atoms with Gasteiger partial charge in [0.25, 0.3) is 5.91 Å². The monoisotopic (exact) mass is 403 g/mol. The first-order valence-electron chi connectivity index (χ1n) is 8.94. The van der Waals surface area contributed by atoms with Gasteiger partial charge in [-0.25, -0.2) is 0 Å². The van der Waals surface area contributed by atoms with Crippen LogP contribution in [0.3, 0.4) is 0 Å².